The van der Waals surface area contributed by atoms with E-state index in [1.807, 2.05) is 29.6 Å². The molecule has 0 aliphatic carbocycles. The van der Waals surface area contributed by atoms with Crippen LogP contribution in [0, 0.1) is 0 Å². The molecule has 0 amide bonds. The summed E-state index contributed by atoms with van der Waals surface area (Å²) in [5, 5.41) is 8.26. The number of thiazole rings is 2. The second-order valence-electron chi connectivity index (χ2n) is 7.69. The molecule has 1 N–H and O–H groups in total. The number of fused-ring (bicyclic) bond motifs is 1. The Hall–Kier alpha value is -2.79. The molecule has 0 atom stereocenters. The molecule has 4 heterocycles. The number of nitrogens with zero attached hydrogens (tertiary/aromatic N) is 5. The fourth-order valence-corrected chi connectivity index (χ4v) is 5.23. The van der Waals surface area contributed by atoms with Gasteiger partial charge in [-0.2, -0.15) is 0 Å². The van der Waals surface area contributed by atoms with E-state index in [1.54, 1.807) is 35.1 Å². The van der Waals surface area contributed by atoms with Crippen molar-refractivity contribution in [3.63, 3.8) is 0 Å². The molecule has 10 heteroatoms. The lowest BCUT2D eigenvalue weighted by Crippen LogP contribution is -2.45. The summed E-state index contributed by atoms with van der Waals surface area (Å²) in [7, 11) is 1.66. The Kier molecular flexibility index (Phi) is 6.17. The van der Waals surface area contributed by atoms with Crippen LogP contribution in [0.3, 0.4) is 0 Å². The highest BCUT2D eigenvalue weighted by Gasteiger charge is 2.19. The van der Waals surface area contributed by atoms with Crippen LogP contribution < -0.4 is 15.6 Å². The number of benzene rings is 1. The van der Waals surface area contributed by atoms with Gasteiger partial charge in [-0.15, -0.1) is 22.7 Å². The third-order valence-electron chi connectivity index (χ3n) is 5.49. The molecular formula is C22H24N6O2S2. The summed E-state index contributed by atoms with van der Waals surface area (Å²) in [6, 6.07) is 9.48. The van der Waals surface area contributed by atoms with Gasteiger partial charge < -0.3 is 10.1 Å². The molecular weight excluding hydrogens is 444 g/mol. The van der Waals surface area contributed by atoms with Crippen molar-refractivity contribution in [2.75, 3.05) is 38.6 Å². The van der Waals surface area contributed by atoms with Crippen LogP contribution in [0.2, 0.25) is 0 Å². The number of nitrogens with one attached hydrogen (secondary N) is 1. The summed E-state index contributed by atoms with van der Waals surface area (Å²) < 4.78 is 6.80. The zero-order valence-electron chi connectivity index (χ0n) is 17.7. The van der Waals surface area contributed by atoms with Gasteiger partial charge in [0.2, 0.25) is 0 Å². The van der Waals surface area contributed by atoms with E-state index >= 15 is 0 Å². The number of methoxy groups -OCH3 is 1. The van der Waals surface area contributed by atoms with E-state index in [0.717, 1.165) is 65.6 Å². The Balaban J connectivity index is 1.12. The van der Waals surface area contributed by atoms with Crippen LogP contribution in [0.15, 0.2) is 52.1 Å². The average molecular weight is 469 g/mol. The van der Waals surface area contributed by atoms with Gasteiger partial charge in [-0.3, -0.25) is 19.0 Å². The first-order chi connectivity index (χ1) is 15.7. The third-order valence-corrected chi connectivity index (χ3v) is 7.05. The standard InChI is InChI=1S/C22H24N6O2S2/c1-30-19-4-2-16(3-5-19)23-21-24-18(15-32-21)14-27-8-6-26(7-9-27)13-17-12-20(29)28-10-11-31-22(28)25-17/h2-5,10-12,15H,6-9,13-14H2,1H3,(H,23,24). The van der Waals surface area contributed by atoms with Crippen molar-refractivity contribution in [3.05, 3.63) is 69.0 Å². The van der Waals surface area contributed by atoms with E-state index in [4.69, 9.17) is 9.72 Å². The molecule has 0 spiro atoms. The molecule has 0 radical (unpaired) electrons. The summed E-state index contributed by atoms with van der Waals surface area (Å²) in [5.74, 6) is 0.838. The van der Waals surface area contributed by atoms with Gasteiger partial charge >= 0.3 is 0 Å². The van der Waals surface area contributed by atoms with Crippen molar-refractivity contribution in [1.29, 1.82) is 0 Å². The normalized spacial score (nSPS) is 15.3. The summed E-state index contributed by atoms with van der Waals surface area (Å²) in [4.78, 5) is 27.1. The Morgan fingerprint density at radius 1 is 1.00 bits per heavy atom. The molecule has 32 heavy (non-hydrogen) atoms. The Morgan fingerprint density at radius 3 is 2.44 bits per heavy atom. The number of ether oxygens (including phenoxy) is 1. The van der Waals surface area contributed by atoms with Gasteiger partial charge in [0.1, 0.15) is 5.75 Å². The number of anilines is 2. The van der Waals surface area contributed by atoms with Crippen molar-refractivity contribution in [2.45, 2.75) is 13.1 Å². The smallest absolute Gasteiger partial charge is 0.258 e. The van der Waals surface area contributed by atoms with Crippen molar-refractivity contribution in [3.8, 4) is 5.75 Å². The molecule has 1 aliphatic heterocycles. The molecule has 0 unspecified atom stereocenters. The van der Waals surface area contributed by atoms with Crippen molar-refractivity contribution in [2.24, 2.45) is 0 Å². The van der Waals surface area contributed by atoms with Crippen LogP contribution in [0.5, 0.6) is 5.75 Å². The zero-order chi connectivity index (χ0) is 21.9. The van der Waals surface area contributed by atoms with E-state index in [2.05, 4.69) is 25.5 Å². The van der Waals surface area contributed by atoms with Crippen molar-refractivity contribution < 1.29 is 4.74 Å². The van der Waals surface area contributed by atoms with Crippen LogP contribution in [0.1, 0.15) is 11.4 Å². The van der Waals surface area contributed by atoms with E-state index in [-0.39, 0.29) is 5.56 Å². The van der Waals surface area contributed by atoms with Gasteiger partial charge in [-0.25, -0.2) is 9.97 Å². The number of aromatic nitrogens is 3. The quantitative estimate of drug-likeness (QED) is 0.446. The number of hydrogen-bond donors (Lipinski definition) is 1. The lowest BCUT2D eigenvalue weighted by molar-refractivity contribution is 0.120. The fraction of sp³-hybridized carbons (Fsp3) is 0.318. The molecule has 8 nitrogen and oxygen atoms in total. The largest absolute Gasteiger partial charge is 0.497 e. The van der Waals surface area contributed by atoms with E-state index in [1.165, 1.54) is 11.3 Å². The van der Waals surface area contributed by atoms with Crippen LogP contribution in [0.4, 0.5) is 10.8 Å². The molecule has 1 saturated heterocycles. The van der Waals surface area contributed by atoms with Crippen LogP contribution in [-0.2, 0) is 13.1 Å². The minimum atomic E-state index is -0.00697. The van der Waals surface area contributed by atoms with Crippen molar-refractivity contribution in [1.82, 2.24) is 24.2 Å². The molecule has 0 saturated carbocycles. The van der Waals surface area contributed by atoms with E-state index in [9.17, 15) is 4.79 Å². The predicted molar refractivity (Wildman–Crippen MR) is 128 cm³/mol. The van der Waals surface area contributed by atoms with Crippen LogP contribution in [-0.4, -0.2) is 57.5 Å². The van der Waals surface area contributed by atoms with E-state index < -0.39 is 0 Å². The summed E-state index contributed by atoms with van der Waals surface area (Å²) in [5.41, 5.74) is 2.92. The first kappa shape index (κ1) is 21.1. The molecule has 0 bridgehead atoms. The molecule has 5 rings (SSSR count). The second kappa shape index (κ2) is 9.37. The maximum absolute atomic E-state index is 12.2. The number of hydrogen-bond acceptors (Lipinski definition) is 9. The SMILES string of the molecule is COc1ccc(Nc2nc(CN3CCN(Cc4cc(=O)n5ccsc5n4)CC3)cs2)cc1. The molecule has 1 fully saturated rings. The molecule has 4 aromatic rings. The van der Waals surface area contributed by atoms with Gasteiger partial charge in [0.15, 0.2) is 10.1 Å². The molecule has 166 valence electrons. The first-order valence-electron chi connectivity index (χ1n) is 10.4. The molecule has 1 aromatic carbocycles. The topological polar surface area (TPSA) is 75.0 Å². The molecule has 3 aromatic heterocycles. The monoisotopic (exact) mass is 468 g/mol. The fourth-order valence-electron chi connectivity index (χ4n) is 3.77. The van der Waals surface area contributed by atoms with Gasteiger partial charge in [0.05, 0.1) is 18.5 Å². The first-order valence-corrected chi connectivity index (χ1v) is 12.2. The summed E-state index contributed by atoms with van der Waals surface area (Å²) in [6.45, 7) is 5.40. The highest BCUT2D eigenvalue weighted by atomic mass is 32.1. The van der Waals surface area contributed by atoms with E-state index in [0.29, 0.717) is 6.54 Å². The van der Waals surface area contributed by atoms with Crippen molar-refractivity contribution >= 4 is 38.5 Å². The Labute approximate surface area is 193 Å². The van der Waals surface area contributed by atoms with Gasteiger partial charge in [0, 0.05) is 68.0 Å². The highest BCUT2D eigenvalue weighted by Crippen LogP contribution is 2.23. The number of rotatable bonds is 7. The van der Waals surface area contributed by atoms with Crippen LogP contribution >= 0.6 is 22.7 Å². The Bertz CT molecular complexity index is 1240. The van der Waals surface area contributed by atoms with Gasteiger partial charge in [-0.05, 0) is 24.3 Å². The minimum absolute atomic E-state index is 0.00697. The maximum atomic E-state index is 12.2. The van der Waals surface area contributed by atoms with Gasteiger partial charge in [0.25, 0.3) is 5.56 Å². The molecule has 1 aliphatic rings. The van der Waals surface area contributed by atoms with Gasteiger partial charge in [-0.1, -0.05) is 0 Å². The second-order valence-corrected chi connectivity index (χ2v) is 9.42. The average Bonchev–Trinajstić information content (AvgIpc) is 3.45. The highest BCUT2D eigenvalue weighted by molar-refractivity contribution is 7.15. The summed E-state index contributed by atoms with van der Waals surface area (Å²) in [6.07, 6.45) is 1.77. The lowest BCUT2D eigenvalue weighted by Gasteiger charge is -2.34. The van der Waals surface area contributed by atoms with Crippen LogP contribution in [0.25, 0.3) is 4.96 Å². The zero-order valence-corrected chi connectivity index (χ0v) is 19.4. The lowest BCUT2D eigenvalue weighted by atomic mass is 10.2. The number of piperazine rings is 1. The maximum Gasteiger partial charge on any atom is 0.258 e. The predicted octanol–water partition coefficient (Wildman–Crippen LogP) is 3.28. The Morgan fingerprint density at radius 2 is 1.72 bits per heavy atom. The minimum Gasteiger partial charge on any atom is -0.497 e. The third kappa shape index (κ3) is 4.83. The summed E-state index contributed by atoms with van der Waals surface area (Å²) >= 11 is 3.11.